The van der Waals surface area contributed by atoms with E-state index in [2.05, 4.69) is 5.32 Å². The molecular formula is C21H24FNO6. The molecule has 2 N–H and O–H groups in total. The van der Waals surface area contributed by atoms with E-state index in [1.807, 2.05) is 0 Å². The molecule has 0 bridgehead atoms. The van der Waals surface area contributed by atoms with Crippen LogP contribution in [-0.2, 0) is 4.74 Å². The molecule has 0 saturated carbocycles. The quantitative estimate of drug-likeness (QED) is 0.674. The number of carbonyl (C=O) groups is 2. The van der Waals surface area contributed by atoms with Crippen molar-refractivity contribution < 1.29 is 33.3 Å². The van der Waals surface area contributed by atoms with Gasteiger partial charge in [0.05, 0.1) is 19.2 Å². The van der Waals surface area contributed by atoms with Crippen LogP contribution in [0, 0.1) is 5.82 Å². The van der Waals surface area contributed by atoms with Gasteiger partial charge in [0.1, 0.15) is 29.5 Å². The predicted molar refractivity (Wildman–Crippen MR) is 105 cm³/mol. The number of halogens is 1. The van der Waals surface area contributed by atoms with Crippen molar-refractivity contribution in [3.63, 3.8) is 0 Å². The monoisotopic (exact) mass is 405 g/mol. The summed E-state index contributed by atoms with van der Waals surface area (Å²) < 4.78 is 30.0. The standard InChI is InChI=1S/C21H24FNO6/c1-21(2,3)29-20(26)23-7-8-28-16-10-13(9-14(11-16)19(24)25)17-6-5-15(27-4)12-18(17)22/h5-6,9-12H,7-8H2,1-4H3,(H,23,26)(H,24,25). The van der Waals surface area contributed by atoms with Crippen molar-refractivity contribution in [2.24, 2.45) is 0 Å². The first-order valence-corrected chi connectivity index (χ1v) is 8.91. The number of amides is 1. The Bertz CT molecular complexity index is 891. The third kappa shape index (κ3) is 6.67. The number of aromatic carboxylic acids is 1. The number of carboxylic acids is 1. The molecule has 1 amide bonds. The van der Waals surface area contributed by atoms with Gasteiger partial charge in [-0.15, -0.1) is 0 Å². The number of carboxylic acid groups (broad SMARTS) is 1. The van der Waals surface area contributed by atoms with E-state index in [1.54, 1.807) is 26.8 Å². The zero-order valence-corrected chi connectivity index (χ0v) is 16.7. The summed E-state index contributed by atoms with van der Waals surface area (Å²) in [4.78, 5) is 23.1. The van der Waals surface area contributed by atoms with Crippen molar-refractivity contribution in [2.75, 3.05) is 20.3 Å². The molecule has 2 aromatic rings. The second-order valence-electron chi connectivity index (χ2n) is 7.17. The second-order valence-corrected chi connectivity index (χ2v) is 7.17. The summed E-state index contributed by atoms with van der Waals surface area (Å²) >= 11 is 0. The second kappa shape index (κ2) is 9.27. The lowest BCUT2D eigenvalue weighted by Crippen LogP contribution is -2.34. The summed E-state index contributed by atoms with van der Waals surface area (Å²) in [6.07, 6.45) is -0.582. The van der Waals surface area contributed by atoms with E-state index < -0.39 is 23.5 Å². The Labute approximate surface area is 168 Å². The first-order valence-electron chi connectivity index (χ1n) is 8.91. The Morgan fingerprint density at radius 2 is 1.83 bits per heavy atom. The minimum Gasteiger partial charge on any atom is -0.497 e. The van der Waals surface area contributed by atoms with Gasteiger partial charge >= 0.3 is 12.1 Å². The molecule has 0 aliphatic heterocycles. The van der Waals surface area contributed by atoms with Crippen molar-refractivity contribution >= 4 is 12.1 Å². The average molecular weight is 405 g/mol. The van der Waals surface area contributed by atoms with Crippen LogP contribution in [0.3, 0.4) is 0 Å². The maximum Gasteiger partial charge on any atom is 0.407 e. The lowest BCUT2D eigenvalue weighted by Gasteiger charge is -2.19. The van der Waals surface area contributed by atoms with Crippen molar-refractivity contribution in [3.8, 4) is 22.6 Å². The van der Waals surface area contributed by atoms with Gasteiger partial charge in [-0.1, -0.05) is 0 Å². The largest absolute Gasteiger partial charge is 0.497 e. The van der Waals surface area contributed by atoms with Crippen LogP contribution in [0.1, 0.15) is 31.1 Å². The third-order valence-corrected chi connectivity index (χ3v) is 3.68. The maximum atomic E-state index is 14.4. The number of nitrogens with one attached hydrogen (secondary N) is 1. The summed E-state index contributed by atoms with van der Waals surface area (Å²) in [6, 6.07) is 8.53. The summed E-state index contributed by atoms with van der Waals surface area (Å²) in [5.74, 6) is -1.13. The van der Waals surface area contributed by atoms with Gasteiger partial charge in [-0.05, 0) is 56.7 Å². The van der Waals surface area contributed by atoms with Crippen LogP contribution in [-0.4, -0.2) is 43.0 Å². The highest BCUT2D eigenvalue weighted by Crippen LogP contribution is 2.30. The first-order chi connectivity index (χ1) is 13.6. The van der Waals surface area contributed by atoms with Crippen molar-refractivity contribution in [3.05, 3.63) is 47.8 Å². The molecule has 2 rings (SSSR count). The van der Waals surface area contributed by atoms with Gasteiger partial charge in [-0.25, -0.2) is 14.0 Å². The van der Waals surface area contributed by atoms with Gasteiger partial charge in [0.15, 0.2) is 0 Å². The fraction of sp³-hybridized carbons (Fsp3) is 0.333. The van der Waals surface area contributed by atoms with Crippen molar-refractivity contribution in [1.29, 1.82) is 0 Å². The highest BCUT2D eigenvalue weighted by Gasteiger charge is 2.16. The van der Waals surface area contributed by atoms with E-state index >= 15 is 0 Å². The van der Waals surface area contributed by atoms with Crippen LogP contribution in [0.4, 0.5) is 9.18 Å². The van der Waals surface area contributed by atoms with Gasteiger partial charge in [0, 0.05) is 11.6 Å². The van der Waals surface area contributed by atoms with Gasteiger partial charge in [-0.2, -0.15) is 0 Å². The Kier molecular flexibility index (Phi) is 7.03. The minimum atomic E-state index is -1.17. The number of methoxy groups -OCH3 is 1. The predicted octanol–water partition coefficient (Wildman–Crippen LogP) is 4.10. The Morgan fingerprint density at radius 3 is 2.41 bits per heavy atom. The van der Waals surface area contributed by atoms with Crippen LogP contribution < -0.4 is 14.8 Å². The molecule has 7 nitrogen and oxygen atoms in total. The summed E-state index contributed by atoms with van der Waals surface area (Å²) in [7, 11) is 1.43. The van der Waals surface area contributed by atoms with Crippen LogP contribution in [0.5, 0.6) is 11.5 Å². The first kappa shape index (κ1) is 22.0. The fourth-order valence-electron chi connectivity index (χ4n) is 2.45. The van der Waals surface area contributed by atoms with Gasteiger partial charge in [-0.3, -0.25) is 0 Å². The zero-order chi connectivity index (χ0) is 21.6. The summed E-state index contributed by atoms with van der Waals surface area (Å²) in [5, 5.41) is 11.9. The zero-order valence-electron chi connectivity index (χ0n) is 16.7. The molecule has 0 fully saturated rings. The highest BCUT2D eigenvalue weighted by molar-refractivity contribution is 5.90. The molecule has 0 spiro atoms. The van der Waals surface area contributed by atoms with Crippen LogP contribution in [0.15, 0.2) is 36.4 Å². The average Bonchev–Trinajstić information content (AvgIpc) is 2.63. The van der Waals surface area contributed by atoms with Crippen LogP contribution in [0.2, 0.25) is 0 Å². The molecule has 0 unspecified atom stereocenters. The molecular weight excluding hydrogens is 381 g/mol. The number of benzene rings is 2. The topological polar surface area (TPSA) is 94.1 Å². The molecule has 156 valence electrons. The normalized spacial score (nSPS) is 10.9. The van der Waals surface area contributed by atoms with E-state index in [9.17, 15) is 19.1 Å². The molecule has 0 radical (unpaired) electrons. The molecule has 0 aromatic heterocycles. The molecule has 0 atom stereocenters. The lowest BCUT2D eigenvalue weighted by atomic mass is 10.0. The van der Waals surface area contributed by atoms with Crippen molar-refractivity contribution in [1.82, 2.24) is 5.32 Å². The maximum absolute atomic E-state index is 14.4. The Hall–Kier alpha value is -3.29. The van der Waals surface area contributed by atoms with Gasteiger partial charge < -0.3 is 24.6 Å². The number of ether oxygens (including phenoxy) is 3. The number of hydrogen-bond donors (Lipinski definition) is 2. The number of hydrogen-bond acceptors (Lipinski definition) is 5. The number of alkyl carbamates (subject to hydrolysis) is 1. The summed E-state index contributed by atoms with van der Waals surface area (Å²) in [6.45, 7) is 5.48. The molecule has 2 aromatic carbocycles. The van der Waals surface area contributed by atoms with E-state index in [0.29, 0.717) is 11.3 Å². The smallest absolute Gasteiger partial charge is 0.407 e. The van der Waals surface area contributed by atoms with E-state index in [-0.39, 0.29) is 30.0 Å². The molecule has 29 heavy (non-hydrogen) atoms. The van der Waals surface area contributed by atoms with Crippen LogP contribution in [0.25, 0.3) is 11.1 Å². The van der Waals surface area contributed by atoms with E-state index in [0.717, 1.165) is 0 Å². The molecule has 0 aliphatic carbocycles. The minimum absolute atomic E-state index is 0.0483. The third-order valence-electron chi connectivity index (χ3n) is 3.68. The van der Waals surface area contributed by atoms with E-state index in [1.165, 1.54) is 37.4 Å². The van der Waals surface area contributed by atoms with Gasteiger partial charge in [0.2, 0.25) is 0 Å². The van der Waals surface area contributed by atoms with Gasteiger partial charge in [0.25, 0.3) is 0 Å². The number of carbonyl (C=O) groups excluding carboxylic acids is 1. The lowest BCUT2D eigenvalue weighted by molar-refractivity contribution is 0.0520. The molecule has 0 heterocycles. The van der Waals surface area contributed by atoms with E-state index in [4.69, 9.17) is 14.2 Å². The van der Waals surface area contributed by atoms with Crippen molar-refractivity contribution in [2.45, 2.75) is 26.4 Å². The fourth-order valence-corrected chi connectivity index (χ4v) is 2.45. The number of rotatable bonds is 7. The van der Waals surface area contributed by atoms with Crippen LogP contribution >= 0.6 is 0 Å². The molecule has 0 aliphatic rings. The molecule has 0 saturated heterocycles. The summed E-state index contributed by atoms with van der Waals surface area (Å²) in [5.41, 5.74) is -0.100. The SMILES string of the molecule is COc1ccc(-c2cc(OCCNC(=O)OC(C)(C)C)cc(C(=O)O)c2)c(F)c1. The molecule has 8 heteroatoms. The Balaban J connectivity index is 2.13. The Morgan fingerprint density at radius 1 is 1.10 bits per heavy atom. The highest BCUT2D eigenvalue weighted by atomic mass is 19.1.